The van der Waals surface area contributed by atoms with Gasteiger partial charge in [0.2, 0.25) is 0 Å². The summed E-state index contributed by atoms with van der Waals surface area (Å²) in [4.78, 5) is 14.2. The first-order valence-electron chi connectivity index (χ1n) is 7.45. The largest absolute Gasteiger partial charge is 0.338 e. The van der Waals surface area contributed by atoms with Gasteiger partial charge in [0.15, 0.2) is 0 Å². The van der Waals surface area contributed by atoms with Crippen LogP contribution < -0.4 is 5.32 Å². The number of piperidine rings is 1. The monoisotopic (exact) mass is 356 g/mol. The highest BCUT2D eigenvalue weighted by Gasteiger charge is 2.26. The Labute approximate surface area is 134 Å². The van der Waals surface area contributed by atoms with Gasteiger partial charge in [-0.1, -0.05) is 29.8 Å². The molecular formula is C16H22BrFN2O. The Morgan fingerprint density at radius 2 is 2.29 bits per heavy atom. The first kappa shape index (κ1) is 16.4. The van der Waals surface area contributed by atoms with Gasteiger partial charge in [-0.05, 0) is 43.5 Å². The van der Waals surface area contributed by atoms with Crippen LogP contribution in [0, 0.1) is 11.7 Å². The van der Waals surface area contributed by atoms with Gasteiger partial charge in [0, 0.05) is 23.6 Å². The standard InChI is InChI=1S/C16H22BrFN2O/c1-11(2)19-9-12-4-3-7-20(10-12)16(21)14-6-5-13(17)8-15(14)18/h5-6,8,11-12,19H,3-4,7,9-10H2,1-2H3. The number of nitrogens with one attached hydrogen (secondary N) is 1. The lowest BCUT2D eigenvalue weighted by atomic mass is 9.97. The fraction of sp³-hybridized carbons (Fsp3) is 0.562. The van der Waals surface area contributed by atoms with E-state index in [0.717, 1.165) is 19.4 Å². The van der Waals surface area contributed by atoms with Crippen LogP contribution in [0.4, 0.5) is 4.39 Å². The van der Waals surface area contributed by atoms with Crippen molar-refractivity contribution < 1.29 is 9.18 Å². The zero-order chi connectivity index (χ0) is 15.4. The van der Waals surface area contributed by atoms with Gasteiger partial charge >= 0.3 is 0 Å². The summed E-state index contributed by atoms with van der Waals surface area (Å²) in [5.41, 5.74) is 0.163. The van der Waals surface area contributed by atoms with E-state index in [2.05, 4.69) is 35.1 Å². The minimum Gasteiger partial charge on any atom is -0.338 e. The highest BCUT2D eigenvalue weighted by molar-refractivity contribution is 9.10. The first-order chi connectivity index (χ1) is 9.97. The predicted molar refractivity (Wildman–Crippen MR) is 85.9 cm³/mol. The third kappa shape index (κ3) is 4.51. The third-order valence-corrected chi connectivity index (χ3v) is 4.28. The Balaban J connectivity index is 2.01. The lowest BCUT2D eigenvalue weighted by Crippen LogP contribution is -2.44. The van der Waals surface area contributed by atoms with Crippen molar-refractivity contribution in [2.45, 2.75) is 32.7 Å². The van der Waals surface area contributed by atoms with E-state index in [-0.39, 0.29) is 11.5 Å². The van der Waals surface area contributed by atoms with Gasteiger partial charge < -0.3 is 10.2 Å². The van der Waals surface area contributed by atoms with Crippen LogP contribution in [0.1, 0.15) is 37.0 Å². The molecule has 116 valence electrons. The molecule has 21 heavy (non-hydrogen) atoms. The second-order valence-electron chi connectivity index (χ2n) is 5.95. The number of rotatable bonds is 4. The summed E-state index contributed by atoms with van der Waals surface area (Å²) < 4.78 is 14.6. The second kappa shape index (κ2) is 7.36. The minimum atomic E-state index is -0.461. The van der Waals surface area contributed by atoms with E-state index in [1.807, 2.05) is 0 Å². The maximum Gasteiger partial charge on any atom is 0.256 e. The fourth-order valence-corrected chi connectivity index (χ4v) is 2.98. The molecule has 0 aromatic heterocycles. The minimum absolute atomic E-state index is 0.163. The molecule has 1 fully saturated rings. The Hall–Kier alpha value is -0.940. The molecule has 1 saturated heterocycles. The molecule has 0 aliphatic carbocycles. The van der Waals surface area contributed by atoms with E-state index in [9.17, 15) is 9.18 Å². The topological polar surface area (TPSA) is 32.3 Å². The molecule has 0 bridgehead atoms. The number of halogens is 2. The van der Waals surface area contributed by atoms with Crippen molar-refractivity contribution in [2.75, 3.05) is 19.6 Å². The Morgan fingerprint density at radius 1 is 1.52 bits per heavy atom. The van der Waals surface area contributed by atoms with Gasteiger partial charge in [0.25, 0.3) is 5.91 Å². The molecule has 2 rings (SSSR count). The average molecular weight is 357 g/mol. The number of likely N-dealkylation sites (tertiary alicyclic amines) is 1. The molecule has 1 aliphatic rings. The summed E-state index contributed by atoms with van der Waals surface area (Å²) in [6.07, 6.45) is 2.10. The number of hydrogen-bond acceptors (Lipinski definition) is 2. The quantitative estimate of drug-likeness (QED) is 0.895. The zero-order valence-electron chi connectivity index (χ0n) is 12.5. The summed E-state index contributed by atoms with van der Waals surface area (Å²) in [6.45, 7) is 6.55. The molecule has 0 radical (unpaired) electrons. The van der Waals surface area contributed by atoms with Crippen LogP contribution in [0.3, 0.4) is 0 Å². The van der Waals surface area contributed by atoms with Crippen LogP contribution in [-0.4, -0.2) is 36.5 Å². The van der Waals surface area contributed by atoms with E-state index in [4.69, 9.17) is 0 Å². The zero-order valence-corrected chi connectivity index (χ0v) is 14.1. The summed E-state index contributed by atoms with van der Waals surface area (Å²) in [7, 11) is 0. The smallest absolute Gasteiger partial charge is 0.256 e. The summed E-state index contributed by atoms with van der Waals surface area (Å²) in [5, 5.41) is 3.42. The van der Waals surface area contributed by atoms with Crippen molar-refractivity contribution in [3.8, 4) is 0 Å². The maximum absolute atomic E-state index is 13.9. The van der Waals surface area contributed by atoms with Crippen LogP contribution >= 0.6 is 15.9 Å². The van der Waals surface area contributed by atoms with Crippen LogP contribution in [0.15, 0.2) is 22.7 Å². The molecule has 1 heterocycles. The maximum atomic E-state index is 13.9. The molecule has 1 unspecified atom stereocenters. The number of nitrogens with zero attached hydrogens (tertiary/aromatic N) is 1. The lowest BCUT2D eigenvalue weighted by molar-refractivity contribution is 0.0667. The lowest BCUT2D eigenvalue weighted by Gasteiger charge is -2.33. The Morgan fingerprint density at radius 3 is 2.95 bits per heavy atom. The van der Waals surface area contributed by atoms with Gasteiger partial charge in [0.05, 0.1) is 5.56 Å². The Kier molecular flexibility index (Phi) is 5.76. The van der Waals surface area contributed by atoms with E-state index in [1.165, 1.54) is 6.07 Å². The normalized spacial score (nSPS) is 19.1. The van der Waals surface area contributed by atoms with Crippen LogP contribution in [-0.2, 0) is 0 Å². The van der Waals surface area contributed by atoms with Crippen molar-refractivity contribution in [1.29, 1.82) is 0 Å². The van der Waals surface area contributed by atoms with Crippen molar-refractivity contribution in [3.63, 3.8) is 0 Å². The van der Waals surface area contributed by atoms with Crippen molar-refractivity contribution >= 4 is 21.8 Å². The van der Waals surface area contributed by atoms with Crippen LogP contribution in [0.5, 0.6) is 0 Å². The van der Waals surface area contributed by atoms with E-state index in [1.54, 1.807) is 17.0 Å². The fourth-order valence-electron chi connectivity index (χ4n) is 2.65. The molecule has 0 spiro atoms. The van der Waals surface area contributed by atoms with Crippen molar-refractivity contribution in [2.24, 2.45) is 5.92 Å². The van der Waals surface area contributed by atoms with Gasteiger partial charge in [-0.25, -0.2) is 4.39 Å². The second-order valence-corrected chi connectivity index (χ2v) is 6.86. The molecule has 1 aromatic carbocycles. The van der Waals surface area contributed by atoms with Gasteiger partial charge in [0.1, 0.15) is 5.82 Å². The molecular weight excluding hydrogens is 335 g/mol. The predicted octanol–water partition coefficient (Wildman–Crippen LogP) is 3.44. The first-order valence-corrected chi connectivity index (χ1v) is 8.24. The van der Waals surface area contributed by atoms with E-state index < -0.39 is 5.82 Å². The number of hydrogen-bond donors (Lipinski definition) is 1. The Bertz CT molecular complexity index is 507. The molecule has 1 aromatic rings. The van der Waals surface area contributed by atoms with Gasteiger partial charge in [-0.2, -0.15) is 0 Å². The number of carbonyl (C=O) groups excluding carboxylic acids is 1. The molecule has 1 aliphatic heterocycles. The van der Waals surface area contributed by atoms with Crippen molar-refractivity contribution in [3.05, 3.63) is 34.1 Å². The molecule has 1 atom stereocenters. The van der Waals surface area contributed by atoms with Crippen molar-refractivity contribution in [1.82, 2.24) is 10.2 Å². The highest BCUT2D eigenvalue weighted by atomic mass is 79.9. The van der Waals surface area contributed by atoms with Crippen LogP contribution in [0.25, 0.3) is 0 Å². The molecule has 0 saturated carbocycles. The SMILES string of the molecule is CC(C)NCC1CCCN(C(=O)c2ccc(Br)cc2F)C1. The number of benzene rings is 1. The summed E-state index contributed by atoms with van der Waals surface area (Å²) in [6, 6.07) is 5.05. The average Bonchev–Trinajstić information content (AvgIpc) is 2.45. The third-order valence-electron chi connectivity index (χ3n) is 3.78. The highest BCUT2D eigenvalue weighted by Crippen LogP contribution is 2.21. The molecule has 1 N–H and O–H groups in total. The van der Waals surface area contributed by atoms with E-state index >= 15 is 0 Å². The molecule has 5 heteroatoms. The van der Waals surface area contributed by atoms with Gasteiger partial charge in [-0.15, -0.1) is 0 Å². The van der Waals surface area contributed by atoms with Crippen LogP contribution in [0.2, 0.25) is 0 Å². The summed E-state index contributed by atoms with van der Waals surface area (Å²) >= 11 is 3.21. The molecule has 1 amide bonds. The number of amides is 1. The number of carbonyl (C=O) groups is 1. The molecule has 3 nitrogen and oxygen atoms in total. The van der Waals surface area contributed by atoms with Gasteiger partial charge in [-0.3, -0.25) is 4.79 Å². The summed E-state index contributed by atoms with van der Waals surface area (Å²) in [5.74, 6) is -0.213. The van der Waals surface area contributed by atoms with E-state index in [0.29, 0.717) is 29.5 Å².